The highest BCUT2D eigenvalue weighted by Crippen LogP contribution is 2.32. The Kier molecular flexibility index (Phi) is 8.40. The number of nitrogens with zero attached hydrogens (tertiary/aromatic N) is 4. The van der Waals surface area contributed by atoms with E-state index in [1.165, 1.54) is 22.3 Å². The number of aryl methyl sites for hydroxylation is 2. The van der Waals surface area contributed by atoms with Crippen molar-refractivity contribution < 1.29 is 19.4 Å². The summed E-state index contributed by atoms with van der Waals surface area (Å²) in [5.74, 6) is 1.24. The van der Waals surface area contributed by atoms with Crippen molar-refractivity contribution in [3.05, 3.63) is 58.7 Å². The maximum absolute atomic E-state index is 9.00. The summed E-state index contributed by atoms with van der Waals surface area (Å²) in [6.07, 6.45) is 5.59. The van der Waals surface area contributed by atoms with E-state index in [2.05, 4.69) is 71.1 Å². The second kappa shape index (κ2) is 11.9. The molecule has 2 aromatic rings. The van der Waals surface area contributed by atoms with Gasteiger partial charge in [0.1, 0.15) is 11.5 Å². The number of rotatable bonds is 4. The topological polar surface area (TPSA) is 111 Å². The molecular weight excluding hydrogens is 460 g/mol. The zero-order valence-corrected chi connectivity index (χ0v) is 21.0. The predicted molar refractivity (Wildman–Crippen MR) is 138 cm³/mol. The standard InChI is InChI=1S/2C12H15N3O.C2H4O2/c2*1-9-3-2-4-10-7-11(16-12(9)10)14-15-6-5-13-8-15;1-2(3)4/h2*2-4,8,11,14H,5-7H2,1H3;1H3,(H,3,4). The number of nitrogens with one attached hydrogen (secondary N) is 2. The van der Waals surface area contributed by atoms with Crippen LogP contribution in [0.25, 0.3) is 0 Å². The fourth-order valence-corrected chi connectivity index (χ4v) is 4.32. The van der Waals surface area contributed by atoms with Crippen LogP contribution in [-0.4, -0.2) is 72.4 Å². The van der Waals surface area contributed by atoms with Crippen LogP contribution < -0.4 is 20.3 Å². The van der Waals surface area contributed by atoms with E-state index in [0.29, 0.717) is 0 Å². The summed E-state index contributed by atoms with van der Waals surface area (Å²) in [5.41, 5.74) is 11.6. The smallest absolute Gasteiger partial charge is 0.300 e. The van der Waals surface area contributed by atoms with Crippen molar-refractivity contribution in [2.75, 3.05) is 26.2 Å². The summed E-state index contributed by atoms with van der Waals surface area (Å²) in [6, 6.07) is 12.6. The third kappa shape index (κ3) is 6.73. The summed E-state index contributed by atoms with van der Waals surface area (Å²) in [6.45, 7) is 8.83. The number of benzene rings is 2. The van der Waals surface area contributed by atoms with E-state index in [0.717, 1.165) is 57.4 Å². The molecule has 2 aromatic carbocycles. The number of hydrogen-bond acceptors (Lipinski definition) is 9. The number of fused-ring (bicyclic) bond motifs is 2. The summed E-state index contributed by atoms with van der Waals surface area (Å²) in [4.78, 5) is 17.3. The number of carbonyl (C=O) groups is 1. The Morgan fingerprint density at radius 3 is 1.61 bits per heavy atom. The molecule has 0 saturated carbocycles. The van der Waals surface area contributed by atoms with Gasteiger partial charge in [-0.2, -0.15) is 10.9 Å². The SMILES string of the molecule is CC(=O)O.Cc1cccc2c1OC(NN1C=NCC1)C2.Cc1cccc2c1OC(NN1C=NCC1)C2. The third-order valence-corrected chi connectivity index (χ3v) is 5.92. The highest BCUT2D eigenvalue weighted by molar-refractivity contribution is 5.63. The van der Waals surface area contributed by atoms with Gasteiger partial charge in [-0.15, -0.1) is 0 Å². The van der Waals surface area contributed by atoms with Gasteiger partial charge in [-0.1, -0.05) is 36.4 Å². The van der Waals surface area contributed by atoms with Crippen molar-refractivity contribution in [1.82, 2.24) is 20.9 Å². The van der Waals surface area contributed by atoms with E-state index < -0.39 is 5.97 Å². The van der Waals surface area contributed by atoms with Crippen LogP contribution in [0.1, 0.15) is 29.2 Å². The molecule has 10 heteroatoms. The highest BCUT2D eigenvalue weighted by atomic mass is 16.5. The number of hydrogen-bond donors (Lipinski definition) is 3. The Morgan fingerprint density at radius 1 is 0.861 bits per heavy atom. The molecule has 4 aliphatic rings. The van der Waals surface area contributed by atoms with Crippen molar-refractivity contribution in [2.45, 2.75) is 46.1 Å². The minimum atomic E-state index is -0.833. The van der Waals surface area contributed by atoms with Crippen LogP contribution in [-0.2, 0) is 17.6 Å². The number of aliphatic carboxylic acids is 1. The summed E-state index contributed by atoms with van der Waals surface area (Å²) < 4.78 is 11.8. The molecule has 0 aromatic heterocycles. The van der Waals surface area contributed by atoms with Gasteiger partial charge in [-0.25, -0.2) is 0 Å². The lowest BCUT2D eigenvalue weighted by Crippen LogP contribution is -2.45. The Morgan fingerprint density at radius 2 is 1.28 bits per heavy atom. The predicted octanol–water partition coefficient (Wildman–Crippen LogP) is 2.30. The first-order chi connectivity index (χ1) is 17.4. The molecule has 10 nitrogen and oxygen atoms in total. The van der Waals surface area contributed by atoms with Gasteiger partial charge in [-0.3, -0.25) is 24.8 Å². The molecule has 0 saturated heterocycles. The molecule has 2 unspecified atom stereocenters. The van der Waals surface area contributed by atoms with E-state index in [9.17, 15) is 0 Å². The van der Waals surface area contributed by atoms with Gasteiger partial charge < -0.3 is 14.6 Å². The first-order valence-corrected chi connectivity index (χ1v) is 12.1. The molecule has 0 amide bonds. The van der Waals surface area contributed by atoms with E-state index >= 15 is 0 Å². The van der Waals surface area contributed by atoms with Crippen molar-refractivity contribution in [3.63, 3.8) is 0 Å². The monoisotopic (exact) mass is 494 g/mol. The molecule has 3 N–H and O–H groups in total. The van der Waals surface area contributed by atoms with Gasteiger partial charge >= 0.3 is 0 Å². The first-order valence-electron chi connectivity index (χ1n) is 12.1. The van der Waals surface area contributed by atoms with Crippen molar-refractivity contribution in [1.29, 1.82) is 0 Å². The zero-order valence-electron chi connectivity index (χ0n) is 21.0. The van der Waals surface area contributed by atoms with Crippen LogP contribution in [0.4, 0.5) is 0 Å². The average molecular weight is 495 g/mol. The van der Waals surface area contributed by atoms with Crippen molar-refractivity contribution >= 4 is 18.6 Å². The number of hydrazine groups is 2. The molecule has 0 fully saturated rings. The molecule has 6 rings (SSSR count). The molecule has 0 spiro atoms. The minimum absolute atomic E-state index is 0.0423. The Hall–Kier alpha value is -3.63. The molecule has 2 atom stereocenters. The summed E-state index contributed by atoms with van der Waals surface area (Å²) in [5, 5.41) is 11.4. The van der Waals surface area contributed by atoms with E-state index in [1.54, 1.807) is 0 Å². The lowest BCUT2D eigenvalue weighted by Gasteiger charge is -2.20. The molecule has 36 heavy (non-hydrogen) atoms. The summed E-state index contributed by atoms with van der Waals surface area (Å²) in [7, 11) is 0. The second-order valence-corrected chi connectivity index (χ2v) is 8.95. The van der Waals surface area contributed by atoms with Gasteiger partial charge in [0.05, 0.1) is 38.9 Å². The minimum Gasteiger partial charge on any atom is -0.481 e. The van der Waals surface area contributed by atoms with Crippen LogP contribution in [0, 0.1) is 13.8 Å². The maximum Gasteiger partial charge on any atom is 0.300 e. The molecule has 192 valence electrons. The Balaban J connectivity index is 0.000000148. The molecule has 4 aliphatic heterocycles. The molecule has 0 radical (unpaired) electrons. The second-order valence-electron chi connectivity index (χ2n) is 8.95. The van der Waals surface area contributed by atoms with Gasteiger partial charge in [0.25, 0.3) is 5.97 Å². The third-order valence-electron chi connectivity index (χ3n) is 5.92. The van der Waals surface area contributed by atoms with Gasteiger partial charge in [0, 0.05) is 19.8 Å². The Labute approximate surface area is 211 Å². The highest BCUT2D eigenvalue weighted by Gasteiger charge is 2.26. The molecule has 4 heterocycles. The zero-order chi connectivity index (χ0) is 25.5. The Bertz CT molecular complexity index is 1040. The molecular formula is C26H34N6O4. The lowest BCUT2D eigenvalue weighted by molar-refractivity contribution is -0.134. The summed E-state index contributed by atoms with van der Waals surface area (Å²) >= 11 is 0. The quantitative estimate of drug-likeness (QED) is 0.594. The van der Waals surface area contributed by atoms with E-state index in [4.69, 9.17) is 19.4 Å². The number of carboxylic acid groups (broad SMARTS) is 1. The average Bonchev–Trinajstić information content (AvgIpc) is 3.62. The first kappa shape index (κ1) is 25.5. The normalized spacial score (nSPS) is 20.5. The van der Waals surface area contributed by atoms with Crippen molar-refractivity contribution in [2.24, 2.45) is 9.98 Å². The fourth-order valence-electron chi connectivity index (χ4n) is 4.32. The number of para-hydroxylation sites is 2. The molecule has 0 aliphatic carbocycles. The van der Waals surface area contributed by atoms with Crippen LogP contribution in [0.2, 0.25) is 0 Å². The maximum atomic E-state index is 9.00. The van der Waals surface area contributed by atoms with Crippen LogP contribution in [0.15, 0.2) is 46.4 Å². The lowest BCUT2D eigenvalue weighted by atomic mass is 10.1. The number of carboxylic acids is 1. The molecule has 0 bridgehead atoms. The largest absolute Gasteiger partial charge is 0.481 e. The van der Waals surface area contributed by atoms with Gasteiger partial charge in [0.2, 0.25) is 0 Å². The van der Waals surface area contributed by atoms with Crippen LogP contribution >= 0.6 is 0 Å². The van der Waals surface area contributed by atoms with Gasteiger partial charge in [-0.05, 0) is 36.1 Å². The van der Waals surface area contributed by atoms with Crippen LogP contribution in [0.3, 0.4) is 0 Å². The van der Waals surface area contributed by atoms with Crippen LogP contribution in [0.5, 0.6) is 11.5 Å². The van der Waals surface area contributed by atoms with Gasteiger partial charge in [0.15, 0.2) is 12.5 Å². The fraction of sp³-hybridized carbons (Fsp3) is 0.423. The van der Waals surface area contributed by atoms with E-state index in [1.807, 2.05) is 22.7 Å². The van der Waals surface area contributed by atoms with Crippen molar-refractivity contribution in [3.8, 4) is 11.5 Å². The number of aliphatic imine (C=N–C) groups is 2. The number of ether oxygens (including phenoxy) is 2. The van der Waals surface area contributed by atoms with E-state index in [-0.39, 0.29) is 12.5 Å².